The number of benzene rings is 1. The van der Waals surface area contributed by atoms with Crippen molar-refractivity contribution in [2.45, 2.75) is 38.2 Å². The van der Waals surface area contributed by atoms with Gasteiger partial charge in [0.15, 0.2) is 5.60 Å². The van der Waals surface area contributed by atoms with Crippen LogP contribution in [0.2, 0.25) is 0 Å². The van der Waals surface area contributed by atoms with Gasteiger partial charge in [-0.15, -0.1) is 0 Å². The number of likely N-dealkylation sites (tertiary alicyclic amines) is 1. The molecule has 0 radical (unpaired) electrons. The molecule has 3 rings (SSSR count). The lowest BCUT2D eigenvalue weighted by atomic mass is 9.88. The smallest absolute Gasteiger partial charge is 0.347 e. The zero-order chi connectivity index (χ0) is 19.4. The Balaban J connectivity index is 1.70. The van der Waals surface area contributed by atoms with Gasteiger partial charge in [-0.25, -0.2) is 4.79 Å². The third kappa shape index (κ3) is 4.27. The number of pyridine rings is 1. The highest BCUT2D eigenvalue weighted by molar-refractivity contribution is 5.94. The second-order valence-electron chi connectivity index (χ2n) is 7.26. The molecule has 1 saturated heterocycles. The summed E-state index contributed by atoms with van der Waals surface area (Å²) in [4.78, 5) is 29.8. The molecule has 0 atom stereocenters. The molecule has 6 nitrogen and oxygen atoms in total. The lowest BCUT2D eigenvalue weighted by molar-refractivity contribution is -0.152. The number of amides is 1. The summed E-state index contributed by atoms with van der Waals surface area (Å²) in [6.45, 7) is 4.40. The summed E-state index contributed by atoms with van der Waals surface area (Å²) in [7, 11) is 0. The van der Waals surface area contributed by atoms with Gasteiger partial charge in [-0.05, 0) is 56.4 Å². The van der Waals surface area contributed by atoms with Gasteiger partial charge in [-0.1, -0.05) is 18.2 Å². The van der Waals surface area contributed by atoms with E-state index in [2.05, 4.69) is 4.98 Å². The number of aromatic nitrogens is 1. The van der Waals surface area contributed by atoms with Gasteiger partial charge in [0.25, 0.3) is 5.91 Å². The number of carbonyl (C=O) groups excluding carboxylic acids is 1. The Morgan fingerprint density at radius 1 is 1.11 bits per heavy atom. The zero-order valence-corrected chi connectivity index (χ0v) is 15.6. The van der Waals surface area contributed by atoms with E-state index in [1.165, 1.54) is 0 Å². The highest BCUT2D eigenvalue weighted by Crippen LogP contribution is 2.36. The van der Waals surface area contributed by atoms with Crippen LogP contribution < -0.4 is 4.74 Å². The first-order valence-electron chi connectivity index (χ1n) is 9.09. The molecule has 1 aliphatic heterocycles. The van der Waals surface area contributed by atoms with Crippen LogP contribution in [0.3, 0.4) is 0 Å². The molecular formula is C21H24N2O4. The fraction of sp³-hybridized carbons (Fsp3) is 0.381. The van der Waals surface area contributed by atoms with Crippen molar-refractivity contribution in [3.8, 4) is 5.75 Å². The van der Waals surface area contributed by atoms with Crippen molar-refractivity contribution in [2.75, 3.05) is 13.1 Å². The number of ether oxygens (including phenoxy) is 1. The van der Waals surface area contributed by atoms with Gasteiger partial charge in [0, 0.05) is 31.0 Å². The van der Waals surface area contributed by atoms with Gasteiger partial charge in [0.2, 0.25) is 0 Å². The van der Waals surface area contributed by atoms with E-state index in [-0.39, 0.29) is 11.8 Å². The fourth-order valence-corrected chi connectivity index (χ4v) is 3.30. The largest absolute Gasteiger partial charge is 0.478 e. The lowest BCUT2D eigenvalue weighted by Crippen LogP contribution is -2.39. The lowest BCUT2D eigenvalue weighted by Gasteiger charge is -2.33. The normalized spacial score (nSPS) is 15.4. The fourth-order valence-electron chi connectivity index (χ4n) is 3.30. The van der Waals surface area contributed by atoms with Gasteiger partial charge in [-0.2, -0.15) is 0 Å². The van der Waals surface area contributed by atoms with Crippen LogP contribution in [0.1, 0.15) is 48.5 Å². The van der Waals surface area contributed by atoms with E-state index < -0.39 is 11.6 Å². The minimum Gasteiger partial charge on any atom is -0.478 e. The van der Waals surface area contributed by atoms with Gasteiger partial charge < -0.3 is 14.7 Å². The van der Waals surface area contributed by atoms with Crippen LogP contribution in [0.4, 0.5) is 0 Å². The summed E-state index contributed by atoms with van der Waals surface area (Å²) in [5.74, 6) is -0.154. The molecule has 0 aliphatic carbocycles. The number of hydrogen-bond donors (Lipinski definition) is 1. The number of aliphatic carboxylic acids is 1. The van der Waals surface area contributed by atoms with Crippen LogP contribution in [0.25, 0.3) is 0 Å². The maximum Gasteiger partial charge on any atom is 0.347 e. The first-order valence-corrected chi connectivity index (χ1v) is 9.09. The van der Waals surface area contributed by atoms with Gasteiger partial charge in [0.05, 0.1) is 0 Å². The van der Waals surface area contributed by atoms with Gasteiger partial charge in [-0.3, -0.25) is 9.78 Å². The minimum atomic E-state index is -1.30. The number of carbonyl (C=O) groups is 2. The molecule has 27 heavy (non-hydrogen) atoms. The molecule has 1 fully saturated rings. The molecule has 0 bridgehead atoms. The van der Waals surface area contributed by atoms with E-state index in [0.29, 0.717) is 24.4 Å². The summed E-state index contributed by atoms with van der Waals surface area (Å²) in [5.41, 5.74) is 0.354. The van der Waals surface area contributed by atoms with E-state index in [0.717, 1.165) is 18.4 Å². The van der Waals surface area contributed by atoms with Crippen molar-refractivity contribution in [2.24, 2.45) is 0 Å². The molecule has 1 aliphatic rings. The number of piperidine rings is 1. The molecule has 1 aromatic heterocycles. The van der Waals surface area contributed by atoms with E-state index in [4.69, 9.17) is 4.74 Å². The topological polar surface area (TPSA) is 79.7 Å². The van der Waals surface area contributed by atoms with Crippen molar-refractivity contribution in [3.63, 3.8) is 0 Å². The van der Waals surface area contributed by atoms with Crippen molar-refractivity contribution in [3.05, 3.63) is 59.9 Å². The van der Waals surface area contributed by atoms with Crippen molar-refractivity contribution >= 4 is 11.9 Å². The summed E-state index contributed by atoms with van der Waals surface area (Å²) in [5, 5.41) is 9.33. The van der Waals surface area contributed by atoms with Crippen LogP contribution in [0.15, 0.2) is 48.8 Å². The number of para-hydroxylation sites is 1. The average Bonchev–Trinajstić information content (AvgIpc) is 2.68. The molecule has 2 heterocycles. The number of carboxylic acid groups (broad SMARTS) is 1. The molecule has 0 unspecified atom stereocenters. The Kier molecular flexibility index (Phi) is 5.44. The van der Waals surface area contributed by atoms with E-state index in [9.17, 15) is 14.7 Å². The third-order valence-corrected chi connectivity index (χ3v) is 4.95. The van der Waals surface area contributed by atoms with Gasteiger partial charge >= 0.3 is 5.97 Å². The van der Waals surface area contributed by atoms with Crippen molar-refractivity contribution < 1.29 is 19.4 Å². The molecule has 1 aromatic carbocycles. The van der Waals surface area contributed by atoms with Crippen LogP contribution in [0, 0.1) is 0 Å². The monoisotopic (exact) mass is 368 g/mol. The molecule has 1 N–H and O–H groups in total. The molecular weight excluding hydrogens is 344 g/mol. The molecule has 0 spiro atoms. The minimum absolute atomic E-state index is 0.0207. The Labute approximate surface area is 158 Å². The standard InChI is InChI=1S/C21H24N2O4/c1-21(2,20(25)26)27-18-6-4-3-5-17(18)15-9-13-23(14-10-15)19(24)16-7-11-22-12-8-16/h3-8,11-12,15H,9-10,13-14H2,1-2H3,(H,25,26). The van der Waals surface area contributed by atoms with E-state index in [1.807, 2.05) is 29.2 Å². The first-order chi connectivity index (χ1) is 12.9. The third-order valence-electron chi connectivity index (χ3n) is 4.95. The summed E-state index contributed by atoms with van der Waals surface area (Å²) in [6.07, 6.45) is 4.87. The number of nitrogens with zero attached hydrogens (tertiary/aromatic N) is 2. The Morgan fingerprint density at radius 2 is 1.74 bits per heavy atom. The first kappa shape index (κ1) is 18.9. The molecule has 142 valence electrons. The van der Waals surface area contributed by atoms with Crippen molar-refractivity contribution in [1.82, 2.24) is 9.88 Å². The maximum atomic E-state index is 12.6. The van der Waals surface area contributed by atoms with Gasteiger partial charge in [0.1, 0.15) is 5.75 Å². The quantitative estimate of drug-likeness (QED) is 0.875. The summed E-state index contributed by atoms with van der Waals surface area (Å²) < 4.78 is 5.80. The summed E-state index contributed by atoms with van der Waals surface area (Å²) >= 11 is 0. The molecule has 2 aromatic rings. The molecule has 0 saturated carbocycles. The second kappa shape index (κ2) is 7.78. The Morgan fingerprint density at radius 3 is 2.37 bits per heavy atom. The molecule has 6 heteroatoms. The predicted octanol–water partition coefficient (Wildman–Crippen LogP) is 3.34. The van der Waals surface area contributed by atoms with Crippen LogP contribution in [0.5, 0.6) is 5.75 Å². The van der Waals surface area contributed by atoms with Crippen LogP contribution in [-0.2, 0) is 4.79 Å². The molecule has 1 amide bonds. The zero-order valence-electron chi connectivity index (χ0n) is 15.6. The average molecular weight is 368 g/mol. The highest BCUT2D eigenvalue weighted by Gasteiger charge is 2.32. The van der Waals surface area contributed by atoms with Crippen LogP contribution in [-0.4, -0.2) is 45.6 Å². The van der Waals surface area contributed by atoms with Crippen LogP contribution >= 0.6 is 0 Å². The maximum absolute atomic E-state index is 12.6. The van der Waals surface area contributed by atoms with E-state index >= 15 is 0 Å². The summed E-state index contributed by atoms with van der Waals surface area (Å²) in [6, 6.07) is 11.0. The Bertz CT molecular complexity index is 812. The Hall–Kier alpha value is -2.89. The van der Waals surface area contributed by atoms with E-state index in [1.54, 1.807) is 38.4 Å². The number of rotatable bonds is 5. The highest BCUT2D eigenvalue weighted by atomic mass is 16.5. The SMILES string of the molecule is CC(C)(Oc1ccccc1C1CCN(C(=O)c2ccncc2)CC1)C(=O)O. The predicted molar refractivity (Wildman–Crippen MR) is 101 cm³/mol. The second-order valence-corrected chi connectivity index (χ2v) is 7.26. The number of carboxylic acids is 1. The van der Waals surface area contributed by atoms with Crippen molar-refractivity contribution in [1.29, 1.82) is 0 Å². The number of hydrogen-bond acceptors (Lipinski definition) is 4.